The van der Waals surface area contributed by atoms with Crippen molar-refractivity contribution in [2.45, 2.75) is 43.4 Å². The fraction of sp³-hybridized carbons (Fsp3) is 0.583. The van der Waals surface area contributed by atoms with E-state index in [-0.39, 0.29) is 12.8 Å². The molecule has 102 valence electrons. The maximum Gasteiger partial charge on any atom is 0.297 e. The van der Waals surface area contributed by atoms with Crippen molar-refractivity contribution in [2.24, 2.45) is 0 Å². The van der Waals surface area contributed by atoms with E-state index in [1.807, 2.05) is 6.07 Å². The molecule has 0 spiro atoms. The highest BCUT2D eigenvalue weighted by Gasteiger charge is 2.45. The van der Waals surface area contributed by atoms with E-state index in [1.54, 1.807) is 0 Å². The molecule has 1 heterocycles. The molecule has 0 unspecified atom stereocenters. The number of nitrogens with zero attached hydrogens (tertiary/aromatic N) is 3. The minimum absolute atomic E-state index is 0.0200. The zero-order valence-electron chi connectivity index (χ0n) is 9.91. The van der Waals surface area contributed by atoms with Crippen LogP contribution in [-0.4, -0.2) is 15.9 Å². The standard InChI is InChI=1S/C12H11F4N3/c13-9(14)10-18-5-8(6-19-10)11(7-17)1-3-12(15,16)4-2-11/h5-6,9H,1-4H2. The molecular formula is C12H11F4N3. The molecule has 0 aromatic carbocycles. The third-order valence-corrected chi connectivity index (χ3v) is 3.47. The highest BCUT2D eigenvalue weighted by Crippen LogP contribution is 2.44. The van der Waals surface area contributed by atoms with Crippen molar-refractivity contribution in [3.63, 3.8) is 0 Å². The second-order valence-electron chi connectivity index (χ2n) is 4.68. The third-order valence-electron chi connectivity index (χ3n) is 3.47. The van der Waals surface area contributed by atoms with E-state index in [4.69, 9.17) is 0 Å². The summed E-state index contributed by atoms with van der Waals surface area (Å²) in [4.78, 5) is 6.97. The number of aromatic nitrogens is 2. The SMILES string of the molecule is N#CC1(c2cnc(C(F)F)nc2)CCC(F)(F)CC1. The van der Waals surface area contributed by atoms with Crippen LogP contribution in [0.2, 0.25) is 0 Å². The van der Waals surface area contributed by atoms with E-state index in [1.165, 1.54) is 0 Å². The summed E-state index contributed by atoms with van der Waals surface area (Å²) in [5, 5.41) is 9.25. The monoisotopic (exact) mass is 273 g/mol. The molecule has 0 atom stereocenters. The maximum atomic E-state index is 13.1. The lowest BCUT2D eigenvalue weighted by Gasteiger charge is -2.34. The normalized spacial score (nSPS) is 21.1. The van der Waals surface area contributed by atoms with Crippen LogP contribution in [0.15, 0.2) is 12.4 Å². The van der Waals surface area contributed by atoms with E-state index in [2.05, 4.69) is 9.97 Å². The van der Waals surface area contributed by atoms with Crippen molar-refractivity contribution in [1.29, 1.82) is 5.26 Å². The molecule has 0 radical (unpaired) electrons. The zero-order valence-corrected chi connectivity index (χ0v) is 9.91. The summed E-state index contributed by atoms with van der Waals surface area (Å²) in [6, 6.07) is 2.02. The molecular weight excluding hydrogens is 262 g/mol. The average molecular weight is 273 g/mol. The van der Waals surface area contributed by atoms with E-state index >= 15 is 0 Å². The van der Waals surface area contributed by atoms with Gasteiger partial charge in [0.05, 0.1) is 11.5 Å². The Morgan fingerprint density at radius 2 is 1.63 bits per heavy atom. The third kappa shape index (κ3) is 2.67. The molecule has 0 N–H and O–H groups in total. The fourth-order valence-electron chi connectivity index (χ4n) is 2.21. The van der Waals surface area contributed by atoms with Crippen LogP contribution in [0.3, 0.4) is 0 Å². The molecule has 3 nitrogen and oxygen atoms in total. The van der Waals surface area contributed by atoms with E-state index in [0.29, 0.717) is 5.56 Å². The summed E-state index contributed by atoms with van der Waals surface area (Å²) >= 11 is 0. The van der Waals surface area contributed by atoms with Crippen LogP contribution in [0.5, 0.6) is 0 Å². The molecule has 7 heteroatoms. The van der Waals surface area contributed by atoms with Crippen molar-refractivity contribution in [2.75, 3.05) is 0 Å². The Balaban J connectivity index is 2.26. The van der Waals surface area contributed by atoms with Crippen LogP contribution in [0.4, 0.5) is 17.6 Å². The average Bonchev–Trinajstić information content (AvgIpc) is 2.40. The van der Waals surface area contributed by atoms with Crippen LogP contribution in [0.25, 0.3) is 0 Å². The molecule has 0 saturated heterocycles. The summed E-state index contributed by atoms with van der Waals surface area (Å²) in [5.41, 5.74) is -0.766. The Kier molecular flexibility index (Phi) is 3.43. The van der Waals surface area contributed by atoms with Gasteiger partial charge in [0, 0.05) is 30.8 Å². The van der Waals surface area contributed by atoms with E-state index < -0.39 is 36.4 Å². The lowest BCUT2D eigenvalue weighted by atomic mass is 9.70. The molecule has 0 bridgehead atoms. The molecule has 2 rings (SSSR count). The summed E-state index contributed by atoms with van der Waals surface area (Å²) < 4.78 is 50.9. The quantitative estimate of drug-likeness (QED) is 0.776. The van der Waals surface area contributed by atoms with Crippen LogP contribution in [0.1, 0.15) is 43.5 Å². The molecule has 1 saturated carbocycles. The van der Waals surface area contributed by atoms with Gasteiger partial charge >= 0.3 is 0 Å². The van der Waals surface area contributed by atoms with Crippen LogP contribution >= 0.6 is 0 Å². The van der Waals surface area contributed by atoms with Gasteiger partial charge in [0.15, 0.2) is 5.82 Å². The summed E-state index contributed by atoms with van der Waals surface area (Å²) in [6.07, 6.45) is -1.33. The van der Waals surface area contributed by atoms with Gasteiger partial charge in [-0.05, 0) is 12.8 Å². The molecule has 1 aromatic rings. The highest BCUT2D eigenvalue weighted by atomic mass is 19.3. The Hall–Kier alpha value is -1.71. The van der Waals surface area contributed by atoms with Crippen LogP contribution < -0.4 is 0 Å². The van der Waals surface area contributed by atoms with Gasteiger partial charge in [-0.1, -0.05) is 0 Å². The molecule has 1 aromatic heterocycles. The summed E-state index contributed by atoms with van der Waals surface area (Å²) in [5.74, 6) is -3.39. The van der Waals surface area contributed by atoms with Gasteiger partial charge < -0.3 is 0 Å². The summed E-state index contributed by atoms with van der Waals surface area (Å²) in [6.45, 7) is 0. The van der Waals surface area contributed by atoms with Crippen molar-refractivity contribution >= 4 is 0 Å². The second kappa shape index (κ2) is 4.76. The number of hydrogen-bond donors (Lipinski definition) is 0. The summed E-state index contributed by atoms with van der Waals surface area (Å²) in [7, 11) is 0. The van der Waals surface area contributed by atoms with Gasteiger partial charge in [-0.15, -0.1) is 0 Å². The van der Waals surface area contributed by atoms with Gasteiger partial charge in [-0.2, -0.15) is 5.26 Å². The minimum atomic E-state index is -2.79. The first kappa shape index (κ1) is 13.7. The van der Waals surface area contributed by atoms with E-state index in [9.17, 15) is 22.8 Å². The first-order chi connectivity index (χ1) is 8.88. The topological polar surface area (TPSA) is 49.6 Å². The number of hydrogen-bond acceptors (Lipinski definition) is 3. The Bertz CT molecular complexity index is 483. The lowest BCUT2D eigenvalue weighted by molar-refractivity contribution is -0.0454. The van der Waals surface area contributed by atoms with Crippen molar-refractivity contribution in [3.8, 4) is 6.07 Å². The molecule has 0 amide bonds. The number of halogens is 4. The Morgan fingerprint density at radius 1 is 1.11 bits per heavy atom. The predicted octanol–water partition coefficient (Wildman–Crippen LogP) is 3.38. The molecule has 1 fully saturated rings. The number of rotatable bonds is 2. The van der Waals surface area contributed by atoms with Gasteiger partial charge in [0.1, 0.15) is 0 Å². The van der Waals surface area contributed by atoms with Crippen molar-refractivity contribution in [1.82, 2.24) is 9.97 Å². The molecule has 19 heavy (non-hydrogen) atoms. The highest BCUT2D eigenvalue weighted by molar-refractivity contribution is 5.29. The zero-order chi connectivity index (χ0) is 14.1. The Morgan fingerprint density at radius 3 is 2.05 bits per heavy atom. The first-order valence-corrected chi connectivity index (χ1v) is 5.78. The maximum absolute atomic E-state index is 13.1. The smallest absolute Gasteiger partial charge is 0.236 e. The van der Waals surface area contributed by atoms with Gasteiger partial charge in [-0.3, -0.25) is 0 Å². The molecule has 1 aliphatic rings. The van der Waals surface area contributed by atoms with Gasteiger partial charge in [-0.25, -0.2) is 27.5 Å². The minimum Gasteiger partial charge on any atom is -0.236 e. The Labute approximate surface area is 107 Å². The first-order valence-electron chi connectivity index (χ1n) is 5.78. The predicted molar refractivity (Wildman–Crippen MR) is 57.7 cm³/mol. The van der Waals surface area contributed by atoms with Crippen molar-refractivity contribution < 1.29 is 17.6 Å². The second-order valence-corrected chi connectivity index (χ2v) is 4.68. The number of nitriles is 1. The fourth-order valence-corrected chi connectivity index (χ4v) is 2.21. The van der Waals surface area contributed by atoms with Gasteiger partial charge in [0.2, 0.25) is 5.92 Å². The van der Waals surface area contributed by atoms with Crippen LogP contribution in [-0.2, 0) is 5.41 Å². The lowest BCUT2D eigenvalue weighted by Crippen LogP contribution is -2.35. The molecule has 0 aliphatic heterocycles. The van der Waals surface area contributed by atoms with E-state index in [0.717, 1.165) is 12.4 Å². The molecule has 1 aliphatic carbocycles. The van der Waals surface area contributed by atoms with Gasteiger partial charge in [0.25, 0.3) is 6.43 Å². The largest absolute Gasteiger partial charge is 0.297 e. The van der Waals surface area contributed by atoms with Crippen molar-refractivity contribution in [3.05, 3.63) is 23.8 Å². The van der Waals surface area contributed by atoms with Crippen LogP contribution in [0, 0.1) is 11.3 Å². The number of alkyl halides is 4.